The van der Waals surface area contributed by atoms with Gasteiger partial charge < -0.3 is 14.2 Å². The minimum atomic E-state index is -0.775. The molecule has 0 aromatic heterocycles. The number of unbranched alkanes of at least 4 members (excludes halogenated alkanes) is 29. The van der Waals surface area contributed by atoms with Crippen molar-refractivity contribution in [3.63, 3.8) is 0 Å². The van der Waals surface area contributed by atoms with Gasteiger partial charge in [0.15, 0.2) is 6.10 Å². The average molecular weight is 869 g/mol. The van der Waals surface area contributed by atoms with Crippen molar-refractivity contribution in [3.8, 4) is 0 Å². The van der Waals surface area contributed by atoms with Crippen LogP contribution in [0.25, 0.3) is 0 Å². The molecular weight excluding hydrogens is 769 g/mol. The van der Waals surface area contributed by atoms with E-state index in [-0.39, 0.29) is 31.1 Å². The first-order chi connectivity index (χ1) is 30.5. The van der Waals surface area contributed by atoms with Gasteiger partial charge in [0, 0.05) is 19.3 Å². The van der Waals surface area contributed by atoms with E-state index in [1.807, 2.05) is 0 Å². The Balaban J connectivity index is 4.30. The SMILES string of the molecule is CC/C=C\C/C=C\C/C=C\CCCCCCCCCCCC(=O)OCC(COC(=O)CCCCCCCCCCC)OC(=O)CCCCCCC/C=C\CCCCCCCCC. The van der Waals surface area contributed by atoms with Gasteiger partial charge in [-0.25, -0.2) is 0 Å². The molecule has 0 rings (SSSR count). The van der Waals surface area contributed by atoms with Crippen LogP contribution in [0.5, 0.6) is 0 Å². The summed E-state index contributed by atoms with van der Waals surface area (Å²) >= 11 is 0. The molecule has 6 nitrogen and oxygen atoms in total. The van der Waals surface area contributed by atoms with Crippen LogP contribution in [-0.2, 0) is 28.6 Å². The van der Waals surface area contributed by atoms with Crippen LogP contribution >= 0.6 is 0 Å². The molecular formula is C56H100O6. The molecule has 6 heteroatoms. The highest BCUT2D eigenvalue weighted by atomic mass is 16.6. The highest BCUT2D eigenvalue weighted by Gasteiger charge is 2.19. The largest absolute Gasteiger partial charge is 0.462 e. The molecule has 0 spiro atoms. The minimum Gasteiger partial charge on any atom is -0.462 e. The summed E-state index contributed by atoms with van der Waals surface area (Å²) in [6, 6.07) is 0. The third kappa shape index (κ3) is 48.4. The second-order valence-corrected chi connectivity index (χ2v) is 17.8. The lowest BCUT2D eigenvalue weighted by atomic mass is 10.1. The molecule has 0 bridgehead atoms. The molecule has 62 heavy (non-hydrogen) atoms. The van der Waals surface area contributed by atoms with Crippen LogP contribution < -0.4 is 0 Å². The van der Waals surface area contributed by atoms with Crippen LogP contribution in [0.4, 0.5) is 0 Å². The molecule has 1 unspecified atom stereocenters. The molecule has 0 saturated heterocycles. The predicted octanol–water partition coefficient (Wildman–Crippen LogP) is 17.5. The number of carbonyl (C=O) groups is 3. The molecule has 0 fully saturated rings. The molecule has 0 aliphatic rings. The van der Waals surface area contributed by atoms with Gasteiger partial charge in [-0.15, -0.1) is 0 Å². The van der Waals surface area contributed by atoms with Crippen molar-refractivity contribution in [2.45, 2.75) is 277 Å². The van der Waals surface area contributed by atoms with Crippen molar-refractivity contribution >= 4 is 17.9 Å². The standard InChI is InChI=1S/C56H100O6/c1-4-7-10-13-16-19-21-23-25-27-28-29-31-32-34-37-40-43-46-49-55(58)61-52-53(51-60-54(57)48-45-42-39-36-18-15-12-9-6-3)62-56(59)50-47-44-41-38-35-33-30-26-24-22-20-17-14-11-8-5-2/h7,10,16,19,23,25-26,30,53H,4-6,8-9,11-15,17-18,20-22,24,27-29,31-52H2,1-3H3/b10-7-,19-16-,25-23-,30-26-. The third-order valence-electron chi connectivity index (χ3n) is 11.6. The van der Waals surface area contributed by atoms with Gasteiger partial charge in [-0.1, -0.05) is 223 Å². The molecule has 0 N–H and O–H groups in total. The first kappa shape index (κ1) is 59.4. The lowest BCUT2D eigenvalue weighted by Crippen LogP contribution is -2.30. The number of ether oxygens (including phenoxy) is 3. The topological polar surface area (TPSA) is 78.9 Å². The van der Waals surface area contributed by atoms with Crippen molar-refractivity contribution in [2.24, 2.45) is 0 Å². The van der Waals surface area contributed by atoms with E-state index in [0.717, 1.165) is 83.5 Å². The summed E-state index contributed by atoms with van der Waals surface area (Å²) < 4.78 is 16.8. The molecule has 0 saturated carbocycles. The van der Waals surface area contributed by atoms with E-state index < -0.39 is 6.10 Å². The Morgan fingerprint density at radius 2 is 0.629 bits per heavy atom. The van der Waals surface area contributed by atoms with Gasteiger partial charge in [-0.05, 0) is 77.0 Å². The fourth-order valence-corrected chi connectivity index (χ4v) is 7.57. The van der Waals surface area contributed by atoms with Gasteiger partial charge in [-0.3, -0.25) is 14.4 Å². The van der Waals surface area contributed by atoms with Crippen LogP contribution in [0.15, 0.2) is 48.6 Å². The molecule has 0 aliphatic heterocycles. The summed E-state index contributed by atoms with van der Waals surface area (Å²) in [6.45, 7) is 6.51. The molecule has 0 aromatic rings. The fourth-order valence-electron chi connectivity index (χ4n) is 7.57. The zero-order valence-corrected chi connectivity index (χ0v) is 41.1. The first-order valence-electron chi connectivity index (χ1n) is 26.6. The normalized spacial score (nSPS) is 12.4. The Kier molecular flexibility index (Phi) is 48.8. The van der Waals surface area contributed by atoms with Gasteiger partial charge >= 0.3 is 17.9 Å². The minimum absolute atomic E-state index is 0.0759. The molecule has 0 heterocycles. The third-order valence-corrected chi connectivity index (χ3v) is 11.6. The van der Waals surface area contributed by atoms with E-state index >= 15 is 0 Å². The van der Waals surface area contributed by atoms with Crippen molar-refractivity contribution in [1.29, 1.82) is 0 Å². The predicted molar refractivity (Wildman–Crippen MR) is 265 cm³/mol. The number of hydrogen-bond acceptors (Lipinski definition) is 6. The highest BCUT2D eigenvalue weighted by molar-refractivity contribution is 5.71. The number of hydrogen-bond donors (Lipinski definition) is 0. The monoisotopic (exact) mass is 869 g/mol. The summed E-state index contributed by atoms with van der Waals surface area (Å²) in [5.41, 5.74) is 0. The Hall–Kier alpha value is -2.63. The van der Waals surface area contributed by atoms with E-state index in [4.69, 9.17) is 14.2 Å². The van der Waals surface area contributed by atoms with E-state index in [1.54, 1.807) is 0 Å². The highest BCUT2D eigenvalue weighted by Crippen LogP contribution is 2.15. The summed E-state index contributed by atoms with van der Waals surface area (Å²) in [6.07, 6.45) is 61.0. The Morgan fingerprint density at radius 1 is 0.339 bits per heavy atom. The summed E-state index contributed by atoms with van der Waals surface area (Å²) in [7, 11) is 0. The summed E-state index contributed by atoms with van der Waals surface area (Å²) in [5, 5.41) is 0. The van der Waals surface area contributed by atoms with Gasteiger partial charge in [0.05, 0.1) is 0 Å². The maximum Gasteiger partial charge on any atom is 0.306 e. The number of rotatable bonds is 48. The van der Waals surface area contributed by atoms with Crippen molar-refractivity contribution < 1.29 is 28.6 Å². The zero-order valence-electron chi connectivity index (χ0n) is 41.1. The van der Waals surface area contributed by atoms with Crippen molar-refractivity contribution in [2.75, 3.05) is 13.2 Å². The Bertz CT molecular complexity index is 1090. The summed E-state index contributed by atoms with van der Waals surface area (Å²) in [5.74, 6) is -0.884. The quantitative estimate of drug-likeness (QED) is 0.0262. The van der Waals surface area contributed by atoms with Gasteiger partial charge in [0.2, 0.25) is 0 Å². The number of carbonyl (C=O) groups excluding carboxylic acids is 3. The lowest BCUT2D eigenvalue weighted by molar-refractivity contribution is -0.167. The van der Waals surface area contributed by atoms with Gasteiger partial charge in [0.25, 0.3) is 0 Å². The van der Waals surface area contributed by atoms with Gasteiger partial charge in [0.1, 0.15) is 13.2 Å². The van der Waals surface area contributed by atoms with E-state index in [2.05, 4.69) is 69.4 Å². The molecule has 0 aliphatic carbocycles. The average Bonchev–Trinajstić information content (AvgIpc) is 3.27. The van der Waals surface area contributed by atoms with Crippen LogP contribution in [0.3, 0.4) is 0 Å². The first-order valence-corrected chi connectivity index (χ1v) is 26.6. The molecule has 0 aromatic carbocycles. The molecule has 360 valence electrons. The van der Waals surface area contributed by atoms with Crippen LogP contribution in [-0.4, -0.2) is 37.2 Å². The van der Waals surface area contributed by atoms with E-state index in [9.17, 15) is 14.4 Å². The van der Waals surface area contributed by atoms with E-state index in [0.29, 0.717) is 19.3 Å². The van der Waals surface area contributed by atoms with E-state index in [1.165, 1.54) is 148 Å². The zero-order chi connectivity index (χ0) is 45.1. The maximum atomic E-state index is 12.8. The second kappa shape index (κ2) is 51.0. The number of allylic oxidation sites excluding steroid dienone is 8. The van der Waals surface area contributed by atoms with Crippen LogP contribution in [0, 0.1) is 0 Å². The van der Waals surface area contributed by atoms with Crippen LogP contribution in [0.2, 0.25) is 0 Å². The molecule has 0 amide bonds. The second-order valence-electron chi connectivity index (χ2n) is 17.8. The van der Waals surface area contributed by atoms with Crippen LogP contribution in [0.1, 0.15) is 271 Å². The fraction of sp³-hybridized carbons (Fsp3) is 0.804. The Morgan fingerprint density at radius 3 is 1.00 bits per heavy atom. The smallest absolute Gasteiger partial charge is 0.306 e. The van der Waals surface area contributed by atoms with Crippen molar-refractivity contribution in [1.82, 2.24) is 0 Å². The van der Waals surface area contributed by atoms with Gasteiger partial charge in [-0.2, -0.15) is 0 Å². The Labute approximate surface area is 384 Å². The van der Waals surface area contributed by atoms with Crippen molar-refractivity contribution in [3.05, 3.63) is 48.6 Å². The molecule has 0 radical (unpaired) electrons. The maximum absolute atomic E-state index is 12.8. The molecule has 1 atom stereocenters. The number of esters is 3. The summed E-state index contributed by atoms with van der Waals surface area (Å²) in [4.78, 5) is 37.9. The lowest BCUT2D eigenvalue weighted by Gasteiger charge is -2.18.